The second-order valence-corrected chi connectivity index (χ2v) is 5.03. The quantitative estimate of drug-likeness (QED) is 0.667. The van der Waals surface area contributed by atoms with Gasteiger partial charge >= 0.3 is 0 Å². The molecule has 98 valence electrons. The van der Waals surface area contributed by atoms with Crippen molar-refractivity contribution in [2.75, 3.05) is 6.61 Å². The van der Waals surface area contributed by atoms with Crippen molar-refractivity contribution < 1.29 is 4.74 Å². The zero-order valence-electron chi connectivity index (χ0n) is 11.0. The summed E-state index contributed by atoms with van der Waals surface area (Å²) in [6.45, 7) is 6.66. The first-order valence-corrected chi connectivity index (χ1v) is 6.87. The molecule has 1 aromatic rings. The standard InChI is InChI=1S/C15H18Cl2O/c1-4-6-7-11(3)13-9-12(16)10-14(17)15(13)18-8-5-2/h9-11H,5,7-8H2,1-3H3. The fourth-order valence-corrected chi connectivity index (χ4v) is 2.23. The molecule has 0 heterocycles. The highest BCUT2D eigenvalue weighted by atomic mass is 35.5. The van der Waals surface area contributed by atoms with Crippen molar-refractivity contribution in [2.24, 2.45) is 0 Å². The van der Waals surface area contributed by atoms with E-state index in [1.807, 2.05) is 13.0 Å². The molecule has 1 aromatic carbocycles. The van der Waals surface area contributed by atoms with Crippen LogP contribution in [0.5, 0.6) is 5.75 Å². The van der Waals surface area contributed by atoms with Gasteiger partial charge in [0.25, 0.3) is 0 Å². The lowest BCUT2D eigenvalue weighted by atomic mass is 9.97. The number of benzene rings is 1. The number of ether oxygens (including phenoxy) is 1. The Labute approximate surface area is 119 Å². The van der Waals surface area contributed by atoms with Crippen LogP contribution >= 0.6 is 23.2 Å². The molecule has 0 fully saturated rings. The highest BCUT2D eigenvalue weighted by molar-refractivity contribution is 6.35. The summed E-state index contributed by atoms with van der Waals surface area (Å²) in [6, 6.07) is 3.64. The summed E-state index contributed by atoms with van der Waals surface area (Å²) >= 11 is 12.3. The molecule has 1 rings (SSSR count). The predicted molar refractivity (Wildman–Crippen MR) is 78.7 cm³/mol. The second kappa shape index (κ2) is 7.56. The van der Waals surface area contributed by atoms with Gasteiger partial charge in [-0.1, -0.05) is 37.0 Å². The Bertz CT molecular complexity index is 458. The van der Waals surface area contributed by atoms with Crippen LogP contribution < -0.4 is 4.74 Å². The fraction of sp³-hybridized carbons (Fsp3) is 0.467. The molecule has 0 aliphatic carbocycles. The van der Waals surface area contributed by atoms with E-state index in [-0.39, 0.29) is 5.92 Å². The first-order chi connectivity index (χ1) is 8.60. The lowest BCUT2D eigenvalue weighted by Gasteiger charge is -2.17. The summed E-state index contributed by atoms with van der Waals surface area (Å²) in [7, 11) is 0. The molecular formula is C15H18Cl2O. The molecule has 0 aromatic heterocycles. The Morgan fingerprint density at radius 3 is 2.67 bits per heavy atom. The molecule has 1 nitrogen and oxygen atoms in total. The monoisotopic (exact) mass is 284 g/mol. The van der Waals surface area contributed by atoms with Crippen molar-refractivity contribution in [3.8, 4) is 17.6 Å². The van der Waals surface area contributed by atoms with Gasteiger partial charge < -0.3 is 4.74 Å². The number of rotatable bonds is 5. The number of hydrogen-bond acceptors (Lipinski definition) is 1. The molecule has 0 aliphatic heterocycles. The van der Waals surface area contributed by atoms with Crippen LogP contribution in [0.3, 0.4) is 0 Å². The predicted octanol–water partition coefficient (Wildman–Crippen LogP) is 5.30. The highest BCUT2D eigenvalue weighted by Crippen LogP contribution is 2.37. The molecule has 1 unspecified atom stereocenters. The average Bonchev–Trinajstić information content (AvgIpc) is 2.34. The number of halogens is 2. The topological polar surface area (TPSA) is 9.23 Å². The SMILES string of the molecule is CC#CCC(C)c1cc(Cl)cc(Cl)c1OCCC. The smallest absolute Gasteiger partial charge is 0.141 e. The van der Waals surface area contributed by atoms with Crippen LogP contribution in [-0.4, -0.2) is 6.61 Å². The summed E-state index contributed by atoms with van der Waals surface area (Å²) in [5.41, 5.74) is 1.03. The molecular weight excluding hydrogens is 267 g/mol. The summed E-state index contributed by atoms with van der Waals surface area (Å²) in [5, 5.41) is 1.21. The van der Waals surface area contributed by atoms with E-state index in [9.17, 15) is 0 Å². The van der Waals surface area contributed by atoms with Crippen LogP contribution in [0.4, 0.5) is 0 Å². The summed E-state index contributed by atoms with van der Waals surface area (Å²) in [5.74, 6) is 6.97. The lowest BCUT2D eigenvalue weighted by molar-refractivity contribution is 0.313. The fourth-order valence-electron chi connectivity index (χ4n) is 1.67. The van der Waals surface area contributed by atoms with Gasteiger partial charge in [0, 0.05) is 17.0 Å². The Balaban J connectivity index is 3.08. The molecule has 18 heavy (non-hydrogen) atoms. The molecule has 0 aliphatic rings. The van der Waals surface area contributed by atoms with Crippen molar-refractivity contribution in [1.82, 2.24) is 0 Å². The van der Waals surface area contributed by atoms with E-state index >= 15 is 0 Å². The summed E-state index contributed by atoms with van der Waals surface area (Å²) < 4.78 is 5.73. The van der Waals surface area contributed by atoms with Crippen LogP contribution in [0.1, 0.15) is 45.1 Å². The third kappa shape index (κ3) is 4.12. The molecule has 0 spiro atoms. The van der Waals surface area contributed by atoms with Gasteiger partial charge in [-0.2, -0.15) is 0 Å². The van der Waals surface area contributed by atoms with Crippen molar-refractivity contribution in [2.45, 2.75) is 39.5 Å². The first kappa shape index (κ1) is 15.2. The largest absolute Gasteiger partial charge is 0.492 e. The van der Waals surface area contributed by atoms with Crippen molar-refractivity contribution >= 4 is 23.2 Å². The lowest BCUT2D eigenvalue weighted by Crippen LogP contribution is -2.02. The maximum absolute atomic E-state index is 6.20. The third-order valence-corrected chi connectivity index (χ3v) is 3.10. The van der Waals surface area contributed by atoms with Gasteiger partial charge in [0.15, 0.2) is 0 Å². The molecule has 0 radical (unpaired) electrons. The third-order valence-electron chi connectivity index (χ3n) is 2.60. The van der Waals surface area contributed by atoms with E-state index in [4.69, 9.17) is 27.9 Å². The van der Waals surface area contributed by atoms with Gasteiger partial charge in [-0.05, 0) is 31.4 Å². The van der Waals surface area contributed by atoms with Gasteiger partial charge in [0.2, 0.25) is 0 Å². The van der Waals surface area contributed by atoms with Gasteiger partial charge in [-0.15, -0.1) is 11.8 Å². The van der Waals surface area contributed by atoms with Crippen molar-refractivity contribution in [1.29, 1.82) is 0 Å². The number of hydrogen-bond donors (Lipinski definition) is 0. The van der Waals surface area contributed by atoms with Crippen molar-refractivity contribution in [3.05, 3.63) is 27.7 Å². The van der Waals surface area contributed by atoms with E-state index in [2.05, 4.69) is 25.7 Å². The van der Waals surface area contributed by atoms with E-state index in [0.29, 0.717) is 16.7 Å². The maximum Gasteiger partial charge on any atom is 0.141 e. The minimum atomic E-state index is 0.250. The van der Waals surface area contributed by atoms with E-state index in [1.165, 1.54) is 0 Å². The van der Waals surface area contributed by atoms with E-state index in [1.54, 1.807) is 6.07 Å². The van der Waals surface area contributed by atoms with Crippen LogP contribution in [-0.2, 0) is 0 Å². The zero-order valence-corrected chi connectivity index (χ0v) is 12.5. The van der Waals surface area contributed by atoms with E-state index in [0.717, 1.165) is 24.2 Å². The van der Waals surface area contributed by atoms with Crippen LogP contribution in [0.2, 0.25) is 10.0 Å². The maximum atomic E-state index is 6.20. The average molecular weight is 285 g/mol. The van der Waals surface area contributed by atoms with Crippen LogP contribution in [0, 0.1) is 11.8 Å². The van der Waals surface area contributed by atoms with Gasteiger partial charge in [0.05, 0.1) is 11.6 Å². The van der Waals surface area contributed by atoms with Crippen LogP contribution in [0.15, 0.2) is 12.1 Å². The Morgan fingerprint density at radius 2 is 2.06 bits per heavy atom. The molecule has 0 saturated carbocycles. The summed E-state index contributed by atoms with van der Waals surface area (Å²) in [6.07, 6.45) is 1.72. The molecule has 0 N–H and O–H groups in total. The van der Waals surface area contributed by atoms with Crippen molar-refractivity contribution in [3.63, 3.8) is 0 Å². The summed E-state index contributed by atoms with van der Waals surface area (Å²) in [4.78, 5) is 0. The molecule has 3 heteroatoms. The Hall–Kier alpha value is -0.840. The van der Waals surface area contributed by atoms with Gasteiger partial charge in [-0.25, -0.2) is 0 Å². The first-order valence-electron chi connectivity index (χ1n) is 6.11. The highest BCUT2D eigenvalue weighted by Gasteiger charge is 2.15. The second-order valence-electron chi connectivity index (χ2n) is 4.19. The van der Waals surface area contributed by atoms with Crippen LogP contribution in [0.25, 0.3) is 0 Å². The molecule has 0 saturated heterocycles. The Morgan fingerprint density at radius 1 is 1.33 bits per heavy atom. The Kier molecular flexibility index (Phi) is 6.39. The molecule has 1 atom stereocenters. The minimum Gasteiger partial charge on any atom is -0.492 e. The van der Waals surface area contributed by atoms with Gasteiger partial charge in [0.1, 0.15) is 5.75 Å². The zero-order chi connectivity index (χ0) is 13.5. The van der Waals surface area contributed by atoms with E-state index < -0.39 is 0 Å². The minimum absolute atomic E-state index is 0.250. The normalized spacial score (nSPS) is 11.6. The molecule has 0 bridgehead atoms. The van der Waals surface area contributed by atoms with Gasteiger partial charge in [-0.3, -0.25) is 0 Å². The molecule has 0 amide bonds.